The summed E-state index contributed by atoms with van der Waals surface area (Å²) in [6.45, 7) is 2.37. The molecular formula is C22H26FN3O2. The summed E-state index contributed by atoms with van der Waals surface area (Å²) in [6.07, 6.45) is 0.202. The maximum absolute atomic E-state index is 13.6. The standard InChI is InChI=1S/C22H26FN3O2/c1-14-18(19-11-16(23)8-9-20(19)25-14)12-22(27)24-13-21(26(2)3)15-6-5-7-17(10-15)28-4/h5-11,21,25H,12-13H2,1-4H3,(H,24,27). The molecule has 1 aromatic heterocycles. The van der Waals surface area contributed by atoms with E-state index in [0.29, 0.717) is 6.54 Å². The van der Waals surface area contributed by atoms with Gasteiger partial charge in [0.25, 0.3) is 0 Å². The maximum Gasteiger partial charge on any atom is 0.224 e. The Morgan fingerprint density at radius 3 is 2.75 bits per heavy atom. The van der Waals surface area contributed by atoms with Gasteiger partial charge in [0.1, 0.15) is 11.6 Å². The molecule has 3 rings (SSSR count). The molecule has 2 aromatic carbocycles. The van der Waals surface area contributed by atoms with Gasteiger partial charge in [-0.2, -0.15) is 0 Å². The van der Waals surface area contributed by atoms with Crippen molar-refractivity contribution >= 4 is 16.8 Å². The van der Waals surface area contributed by atoms with Gasteiger partial charge in [0.2, 0.25) is 5.91 Å². The van der Waals surface area contributed by atoms with Crippen LogP contribution < -0.4 is 10.1 Å². The minimum atomic E-state index is -0.307. The van der Waals surface area contributed by atoms with Crippen LogP contribution in [0.1, 0.15) is 22.9 Å². The molecule has 0 aliphatic rings. The SMILES string of the molecule is COc1cccc(C(CNC(=O)Cc2c(C)[nH]c3ccc(F)cc23)N(C)C)c1. The summed E-state index contributed by atoms with van der Waals surface area (Å²) >= 11 is 0. The predicted octanol–water partition coefficient (Wildman–Crippen LogP) is 3.59. The number of nitrogens with zero attached hydrogens (tertiary/aromatic N) is 1. The lowest BCUT2D eigenvalue weighted by Gasteiger charge is -2.25. The van der Waals surface area contributed by atoms with Gasteiger partial charge in [0.15, 0.2) is 0 Å². The van der Waals surface area contributed by atoms with E-state index in [2.05, 4.69) is 15.2 Å². The minimum Gasteiger partial charge on any atom is -0.497 e. The number of likely N-dealkylation sites (N-methyl/N-ethyl adjacent to an activating group) is 1. The van der Waals surface area contributed by atoms with Gasteiger partial charge in [-0.3, -0.25) is 4.79 Å². The molecule has 148 valence electrons. The molecule has 0 spiro atoms. The first-order chi connectivity index (χ1) is 13.4. The first-order valence-corrected chi connectivity index (χ1v) is 9.23. The lowest BCUT2D eigenvalue weighted by Crippen LogP contribution is -2.35. The van der Waals surface area contributed by atoms with Crippen LogP contribution >= 0.6 is 0 Å². The average molecular weight is 383 g/mol. The van der Waals surface area contributed by atoms with Crippen LogP contribution in [0, 0.1) is 12.7 Å². The molecule has 0 saturated carbocycles. The Bertz CT molecular complexity index is 981. The lowest BCUT2D eigenvalue weighted by atomic mass is 10.0. The molecule has 2 N–H and O–H groups in total. The highest BCUT2D eigenvalue weighted by molar-refractivity contribution is 5.90. The molecule has 1 atom stereocenters. The van der Waals surface area contributed by atoms with E-state index in [-0.39, 0.29) is 24.2 Å². The molecule has 6 heteroatoms. The van der Waals surface area contributed by atoms with Crippen LogP contribution in [0.3, 0.4) is 0 Å². The number of benzene rings is 2. The van der Waals surface area contributed by atoms with Gasteiger partial charge in [-0.15, -0.1) is 0 Å². The normalized spacial score (nSPS) is 12.4. The van der Waals surface area contributed by atoms with Gasteiger partial charge in [-0.1, -0.05) is 12.1 Å². The molecule has 1 amide bonds. The van der Waals surface area contributed by atoms with Crippen molar-refractivity contribution in [3.05, 3.63) is 65.1 Å². The second kappa shape index (κ2) is 8.44. The highest BCUT2D eigenvalue weighted by atomic mass is 19.1. The third-order valence-corrected chi connectivity index (χ3v) is 5.01. The van der Waals surface area contributed by atoms with Gasteiger partial charge >= 0.3 is 0 Å². The number of methoxy groups -OCH3 is 1. The van der Waals surface area contributed by atoms with Gasteiger partial charge in [0, 0.05) is 23.1 Å². The fraction of sp³-hybridized carbons (Fsp3) is 0.318. The van der Waals surface area contributed by atoms with E-state index in [1.165, 1.54) is 12.1 Å². The van der Waals surface area contributed by atoms with E-state index >= 15 is 0 Å². The number of fused-ring (bicyclic) bond motifs is 1. The fourth-order valence-electron chi connectivity index (χ4n) is 3.46. The van der Waals surface area contributed by atoms with Gasteiger partial charge < -0.3 is 19.9 Å². The van der Waals surface area contributed by atoms with Crippen molar-refractivity contribution in [2.24, 2.45) is 0 Å². The summed E-state index contributed by atoms with van der Waals surface area (Å²) in [6, 6.07) is 12.4. The minimum absolute atomic E-state index is 0.0144. The number of carbonyl (C=O) groups is 1. The van der Waals surface area contributed by atoms with E-state index in [1.54, 1.807) is 13.2 Å². The zero-order valence-corrected chi connectivity index (χ0v) is 16.7. The van der Waals surface area contributed by atoms with Crippen molar-refractivity contribution in [3.63, 3.8) is 0 Å². The Morgan fingerprint density at radius 1 is 1.25 bits per heavy atom. The summed E-state index contributed by atoms with van der Waals surface area (Å²) in [5.74, 6) is 0.383. The first kappa shape index (κ1) is 19.9. The molecule has 0 saturated heterocycles. The molecule has 28 heavy (non-hydrogen) atoms. The maximum atomic E-state index is 13.6. The molecule has 0 fully saturated rings. The Labute approximate surface area is 164 Å². The Morgan fingerprint density at radius 2 is 2.04 bits per heavy atom. The largest absolute Gasteiger partial charge is 0.497 e. The monoisotopic (exact) mass is 383 g/mol. The van der Waals surface area contributed by atoms with E-state index in [4.69, 9.17) is 4.74 Å². The fourth-order valence-corrected chi connectivity index (χ4v) is 3.46. The van der Waals surface area contributed by atoms with Crippen LogP contribution in [0.2, 0.25) is 0 Å². The van der Waals surface area contributed by atoms with Crippen molar-refractivity contribution in [1.82, 2.24) is 15.2 Å². The molecule has 0 bridgehead atoms. The van der Waals surface area contributed by atoms with Crippen molar-refractivity contribution in [1.29, 1.82) is 0 Å². The van der Waals surface area contributed by atoms with Crippen LogP contribution in [-0.4, -0.2) is 43.5 Å². The van der Waals surface area contributed by atoms with Crippen molar-refractivity contribution in [2.75, 3.05) is 27.7 Å². The Hall–Kier alpha value is -2.86. The zero-order chi connectivity index (χ0) is 20.3. The number of aromatic nitrogens is 1. The van der Waals surface area contributed by atoms with Crippen molar-refractivity contribution in [2.45, 2.75) is 19.4 Å². The third kappa shape index (κ3) is 4.34. The molecule has 3 aromatic rings. The highest BCUT2D eigenvalue weighted by Gasteiger charge is 2.18. The zero-order valence-electron chi connectivity index (χ0n) is 16.7. The van der Waals surface area contributed by atoms with Gasteiger partial charge in [-0.05, 0) is 62.5 Å². The summed E-state index contributed by atoms with van der Waals surface area (Å²) in [5.41, 5.74) is 3.61. The van der Waals surface area contributed by atoms with E-state index in [1.807, 2.05) is 45.3 Å². The number of aryl methyl sites for hydroxylation is 1. The molecule has 0 aliphatic carbocycles. The predicted molar refractivity (Wildman–Crippen MR) is 109 cm³/mol. The lowest BCUT2D eigenvalue weighted by molar-refractivity contribution is -0.120. The number of H-pyrrole nitrogens is 1. The van der Waals surface area contributed by atoms with Crippen LogP contribution in [0.4, 0.5) is 4.39 Å². The van der Waals surface area contributed by atoms with Crippen LogP contribution in [0.5, 0.6) is 5.75 Å². The van der Waals surface area contributed by atoms with Crippen molar-refractivity contribution in [3.8, 4) is 5.75 Å². The smallest absolute Gasteiger partial charge is 0.224 e. The summed E-state index contributed by atoms with van der Waals surface area (Å²) < 4.78 is 18.9. The number of hydrogen-bond acceptors (Lipinski definition) is 3. The molecule has 0 aliphatic heterocycles. The van der Waals surface area contributed by atoms with E-state index in [9.17, 15) is 9.18 Å². The van der Waals surface area contributed by atoms with Crippen LogP contribution in [0.15, 0.2) is 42.5 Å². The second-order valence-corrected chi connectivity index (χ2v) is 7.16. The topological polar surface area (TPSA) is 57.4 Å². The third-order valence-electron chi connectivity index (χ3n) is 5.01. The Kier molecular flexibility index (Phi) is 5.99. The van der Waals surface area contributed by atoms with E-state index in [0.717, 1.165) is 33.5 Å². The Balaban J connectivity index is 1.72. The van der Waals surface area contributed by atoms with E-state index < -0.39 is 0 Å². The van der Waals surface area contributed by atoms with Crippen LogP contribution in [-0.2, 0) is 11.2 Å². The summed E-state index contributed by atoms with van der Waals surface area (Å²) in [7, 11) is 5.59. The number of aromatic amines is 1. The van der Waals surface area contributed by atoms with Crippen LogP contribution in [0.25, 0.3) is 10.9 Å². The molecular weight excluding hydrogens is 357 g/mol. The molecule has 0 radical (unpaired) electrons. The number of carbonyl (C=O) groups excluding carboxylic acids is 1. The number of nitrogens with one attached hydrogen (secondary N) is 2. The summed E-state index contributed by atoms with van der Waals surface area (Å²) in [4.78, 5) is 17.9. The number of ether oxygens (including phenoxy) is 1. The number of halogens is 1. The molecule has 1 heterocycles. The van der Waals surface area contributed by atoms with Crippen molar-refractivity contribution < 1.29 is 13.9 Å². The van der Waals surface area contributed by atoms with Gasteiger partial charge in [-0.25, -0.2) is 4.39 Å². The average Bonchev–Trinajstić information content (AvgIpc) is 2.96. The number of rotatable bonds is 7. The number of amides is 1. The summed E-state index contributed by atoms with van der Waals surface area (Å²) in [5, 5.41) is 3.77. The first-order valence-electron chi connectivity index (χ1n) is 9.23. The van der Waals surface area contributed by atoms with Gasteiger partial charge in [0.05, 0.1) is 19.6 Å². The number of hydrogen-bond donors (Lipinski definition) is 2. The quantitative estimate of drug-likeness (QED) is 0.656. The highest BCUT2D eigenvalue weighted by Crippen LogP contribution is 2.24. The molecule has 5 nitrogen and oxygen atoms in total. The molecule has 1 unspecified atom stereocenters. The second-order valence-electron chi connectivity index (χ2n) is 7.16.